The highest BCUT2D eigenvalue weighted by atomic mass is 16.5. The number of ether oxygens (including phenoxy) is 1. The fraction of sp³-hybridized carbons (Fsp3) is 0.100. The Hall–Kier alpha value is -4.71. The summed E-state index contributed by atoms with van der Waals surface area (Å²) in [5.41, 5.74) is 6.37. The maximum atomic E-state index is 13.3. The number of hydrogen-bond acceptors (Lipinski definition) is 4. The maximum absolute atomic E-state index is 13.3. The lowest BCUT2D eigenvalue weighted by molar-refractivity contribution is -0.114. The first-order valence-corrected chi connectivity index (χ1v) is 11.7. The van der Waals surface area contributed by atoms with Crippen LogP contribution in [-0.4, -0.2) is 28.0 Å². The van der Waals surface area contributed by atoms with Crippen molar-refractivity contribution in [2.24, 2.45) is 5.10 Å². The maximum Gasteiger partial charge on any atom is 0.280 e. The van der Waals surface area contributed by atoms with Crippen LogP contribution < -0.4 is 9.75 Å². The Morgan fingerprint density at radius 1 is 0.944 bits per heavy atom. The first kappa shape index (κ1) is 23.1. The molecule has 2 heterocycles. The minimum Gasteiger partial charge on any atom is -0.489 e. The number of hydrazone groups is 1. The van der Waals surface area contributed by atoms with Crippen molar-refractivity contribution >= 4 is 23.4 Å². The second-order valence-electron chi connectivity index (χ2n) is 8.49. The van der Waals surface area contributed by atoms with E-state index in [1.54, 1.807) is 6.08 Å². The van der Waals surface area contributed by atoms with Crippen molar-refractivity contribution in [2.75, 3.05) is 11.6 Å². The van der Waals surface area contributed by atoms with Crippen molar-refractivity contribution < 1.29 is 9.53 Å². The molecule has 0 N–H and O–H groups in total. The van der Waals surface area contributed by atoms with Crippen LogP contribution in [0.5, 0.6) is 5.75 Å². The van der Waals surface area contributed by atoms with E-state index in [4.69, 9.17) is 9.84 Å². The summed E-state index contributed by atoms with van der Waals surface area (Å²) in [5.74, 6) is 0.634. The number of hydrogen-bond donors (Lipinski definition) is 0. The van der Waals surface area contributed by atoms with Crippen LogP contribution in [0.25, 0.3) is 23.0 Å². The first-order valence-electron chi connectivity index (χ1n) is 11.7. The number of anilines is 1. The molecule has 1 aliphatic rings. The van der Waals surface area contributed by atoms with E-state index in [0.29, 0.717) is 17.9 Å². The zero-order chi connectivity index (χ0) is 25.1. The van der Waals surface area contributed by atoms with Crippen LogP contribution in [0.3, 0.4) is 0 Å². The lowest BCUT2D eigenvalue weighted by Gasteiger charge is -2.11. The van der Waals surface area contributed by atoms with E-state index in [9.17, 15) is 4.79 Å². The van der Waals surface area contributed by atoms with Gasteiger partial charge >= 0.3 is 0 Å². The normalized spacial score (nSPS) is 14.3. The number of carbonyl (C=O) groups is 1. The fourth-order valence-electron chi connectivity index (χ4n) is 4.12. The van der Waals surface area contributed by atoms with Crippen molar-refractivity contribution in [3.63, 3.8) is 0 Å². The molecule has 6 heteroatoms. The minimum atomic E-state index is -0.165. The summed E-state index contributed by atoms with van der Waals surface area (Å²) in [5, 5.41) is 10.9. The molecule has 0 fully saturated rings. The average molecular weight is 475 g/mol. The molecule has 178 valence electrons. The molecule has 0 saturated carbocycles. The highest BCUT2D eigenvalue weighted by Gasteiger charge is 2.29. The van der Waals surface area contributed by atoms with Gasteiger partial charge in [-0.25, -0.2) is 4.68 Å². The summed E-state index contributed by atoms with van der Waals surface area (Å²) < 4.78 is 7.58. The van der Waals surface area contributed by atoms with Crippen LogP contribution >= 0.6 is 0 Å². The molecular formula is C30H26N4O2. The molecule has 0 radical (unpaired) electrons. The summed E-state index contributed by atoms with van der Waals surface area (Å²) in [6, 6.07) is 25.3. The third-order valence-electron chi connectivity index (χ3n) is 5.93. The number of nitrogens with zero attached hydrogens (tertiary/aromatic N) is 4. The summed E-state index contributed by atoms with van der Waals surface area (Å²) in [6.45, 7) is 8.01. The van der Waals surface area contributed by atoms with E-state index in [-0.39, 0.29) is 5.91 Å². The van der Waals surface area contributed by atoms with Gasteiger partial charge in [0.1, 0.15) is 12.4 Å². The lowest BCUT2D eigenvalue weighted by atomic mass is 10.0. The van der Waals surface area contributed by atoms with Gasteiger partial charge in [0.15, 0.2) is 0 Å². The van der Waals surface area contributed by atoms with Gasteiger partial charge in [0.05, 0.1) is 28.4 Å². The summed E-state index contributed by atoms with van der Waals surface area (Å²) in [6.07, 6.45) is 5.55. The average Bonchev–Trinajstić information content (AvgIpc) is 3.46. The van der Waals surface area contributed by atoms with E-state index >= 15 is 0 Å². The van der Waals surface area contributed by atoms with Gasteiger partial charge in [-0.3, -0.25) is 4.79 Å². The molecular weight excluding hydrogens is 448 g/mol. The zero-order valence-electron chi connectivity index (χ0n) is 20.3. The standard InChI is InChI=1S/C30H26N4O2/c1-4-17-36-28-16-15-23(18-21(28)2)29-24(20-33(32-29)25-11-7-5-8-12-25)19-27-22(3)31-34(30(27)35)26-13-9-6-10-14-26/h4-16,18-20H,1,17H2,2-3H3. The van der Waals surface area contributed by atoms with Crippen LogP contribution in [-0.2, 0) is 4.79 Å². The number of aromatic nitrogens is 2. The third kappa shape index (κ3) is 4.49. The Kier molecular flexibility index (Phi) is 6.33. The highest BCUT2D eigenvalue weighted by molar-refractivity contribution is 6.32. The van der Waals surface area contributed by atoms with Gasteiger partial charge in [-0.15, -0.1) is 0 Å². The second-order valence-corrected chi connectivity index (χ2v) is 8.49. The molecule has 4 aromatic rings. The molecule has 0 aliphatic carbocycles. The molecule has 0 atom stereocenters. The summed E-state index contributed by atoms with van der Waals surface area (Å²) >= 11 is 0. The van der Waals surface area contributed by atoms with Gasteiger partial charge in [-0.1, -0.05) is 49.1 Å². The quantitative estimate of drug-likeness (QED) is 0.236. The lowest BCUT2D eigenvalue weighted by Crippen LogP contribution is -2.21. The van der Waals surface area contributed by atoms with Crippen LogP contribution in [0.15, 0.2) is 108 Å². The van der Waals surface area contributed by atoms with Crippen molar-refractivity contribution in [3.05, 3.63) is 114 Å². The van der Waals surface area contributed by atoms with Crippen molar-refractivity contribution in [1.29, 1.82) is 0 Å². The molecule has 1 aliphatic heterocycles. The molecule has 3 aromatic carbocycles. The van der Waals surface area contributed by atoms with Crippen molar-refractivity contribution in [2.45, 2.75) is 13.8 Å². The number of para-hydroxylation sites is 2. The molecule has 0 bridgehead atoms. The van der Waals surface area contributed by atoms with E-state index in [1.165, 1.54) is 5.01 Å². The number of carbonyl (C=O) groups excluding carboxylic acids is 1. The van der Waals surface area contributed by atoms with Gasteiger partial charge in [0.25, 0.3) is 5.91 Å². The molecule has 5 rings (SSSR count). The SMILES string of the molecule is C=CCOc1ccc(-c2nn(-c3ccccc3)cc2C=C2C(=O)N(c3ccccc3)N=C2C)cc1C. The van der Waals surface area contributed by atoms with Crippen molar-refractivity contribution in [3.8, 4) is 22.7 Å². The Labute approximate surface area is 210 Å². The van der Waals surface area contributed by atoms with Gasteiger partial charge in [-0.2, -0.15) is 15.2 Å². The number of aryl methyl sites for hydroxylation is 1. The molecule has 0 spiro atoms. The summed E-state index contributed by atoms with van der Waals surface area (Å²) in [7, 11) is 0. The third-order valence-corrected chi connectivity index (χ3v) is 5.93. The Balaban J connectivity index is 1.58. The van der Waals surface area contributed by atoms with Gasteiger partial charge < -0.3 is 4.74 Å². The molecule has 6 nitrogen and oxygen atoms in total. The predicted molar refractivity (Wildman–Crippen MR) is 144 cm³/mol. The monoisotopic (exact) mass is 474 g/mol. The highest BCUT2D eigenvalue weighted by Crippen LogP contribution is 2.31. The van der Waals surface area contributed by atoms with Crippen molar-refractivity contribution in [1.82, 2.24) is 9.78 Å². The fourth-order valence-corrected chi connectivity index (χ4v) is 4.12. The van der Waals surface area contributed by atoms with Crippen LogP contribution in [0, 0.1) is 6.92 Å². The zero-order valence-corrected chi connectivity index (χ0v) is 20.3. The largest absolute Gasteiger partial charge is 0.489 e. The molecule has 1 aromatic heterocycles. The van der Waals surface area contributed by atoms with Gasteiger partial charge in [0, 0.05) is 17.3 Å². The van der Waals surface area contributed by atoms with Crippen LogP contribution in [0.2, 0.25) is 0 Å². The predicted octanol–water partition coefficient (Wildman–Crippen LogP) is 6.22. The topological polar surface area (TPSA) is 59.7 Å². The smallest absolute Gasteiger partial charge is 0.280 e. The van der Waals surface area contributed by atoms with Crippen LogP contribution in [0.4, 0.5) is 5.69 Å². The number of rotatable bonds is 7. The molecule has 0 unspecified atom stereocenters. The minimum absolute atomic E-state index is 0.165. The Morgan fingerprint density at radius 3 is 2.31 bits per heavy atom. The van der Waals surface area contributed by atoms with E-state index in [0.717, 1.165) is 39.5 Å². The Morgan fingerprint density at radius 2 is 1.64 bits per heavy atom. The Bertz CT molecular complexity index is 1480. The molecule has 1 amide bonds. The van der Waals surface area contributed by atoms with Crippen LogP contribution in [0.1, 0.15) is 18.1 Å². The number of amides is 1. The molecule has 36 heavy (non-hydrogen) atoms. The number of benzene rings is 3. The summed E-state index contributed by atoms with van der Waals surface area (Å²) in [4.78, 5) is 13.3. The van der Waals surface area contributed by atoms with E-state index in [1.807, 2.05) is 110 Å². The van der Waals surface area contributed by atoms with Gasteiger partial charge in [0.2, 0.25) is 0 Å². The van der Waals surface area contributed by atoms with Gasteiger partial charge in [-0.05, 0) is 68.0 Å². The second kappa shape index (κ2) is 9.88. The molecule has 0 saturated heterocycles. The van der Waals surface area contributed by atoms with E-state index in [2.05, 4.69) is 11.7 Å². The first-order chi connectivity index (χ1) is 17.5. The van der Waals surface area contributed by atoms with E-state index < -0.39 is 0 Å².